The SMILES string of the molecule is ClP(N=P(c1ccccc1)(c1ccccc1)c1ccccc1)(c1ccccc1)(c1ccccc1)c1ccccc1.Clc1[c-]c(Cl)c(Cl)c(Cl)c1Cl.Clc1[c-]c(Cl)c(Cl)c(Cl)c1Cl.Clc1[c-]c(Cl)c(Cl)c(Cl)c1Cl.[Au+3]. The Morgan fingerprint density at radius 1 is 0.270 bits per heavy atom. The molecule has 1 nitrogen and oxygen atoms in total. The molecule has 20 heteroatoms. The van der Waals surface area contributed by atoms with Gasteiger partial charge < -0.3 is 0 Å². The van der Waals surface area contributed by atoms with Gasteiger partial charge in [-0.25, -0.2) is 0 Å². The van der Waals surface area contributed by atoms with Crippen molar-refractivity contribution in [1.82, 2.24) is 0 Å². The summed E-state index contributed by atoms with van der Waals surface area (Å²) < 4.78 is 6.30. The number of nitrogens with zero attached hydrogens (tertiary/aromatic N) is 1. The maximum Gasteiger partial charge on any atom is 3.00 e. The molecule has 0 heterocycles. The number of rotatable bonds is 7. The summed E-state index contributed by atoms with van der Waals surface area (Å²) in [5.74, 6) is 0. The van der Waals surface area contributed by atoms with Gasteiger partial charge in [0.15, 0.2) is 0 Å². The van der Waals surface area contributed by atoms with Gasteiger partial charge in [-0.2, -0.15) is 69.6 Å². The van der Waals surface area contributed by atoms with Gasteiger partial charge in [-0.1, -0.05) is 30.1 Å². The Balaban J connectivity index is 0.000000240. The van der Waals surface area contributed by atoms with Crippen LogP contribution in [0.2, 0.25) is 75.3 Å². The van der Waals surface area contributed by atoms with Crippen molar-refractivity contribution >= 4 is 230 Å². The van der Waals surface area contributed by atoms with Gasteiger partial charge in [-0.05, 0) is 45.2 Å². The van der Waals surface area contributed by atoms with E-state index < -0.39 is 13.2 Å². The molecule has 0 amide bonds. The zero-order valence-electron chi connectivity index (χ0n) is 37.0. The average molecular weight is 1520 g/mol. The first-order valence-corrected chi connectivity index (χ1v) is 31.2. The smallest absolute Gasteiger partial charge is 0.164 e. The molecule has 0 N–H and O–H groups in total. The molecular weight excluding hydrogens is 1490 g/mol. The molecule has 0 fully saturated rings. The minimum Gasteiger partial charge on any atom is -0.164 e. The Hall–Kier alpha value is -0.980. The summed E-state index contributed by atoms with van der Waals surface area (Å²) in [6, 6.07) is 71.3. The molecule has 9 aromatic rings. The van der Waals surface area contributed by atoms with Crippen molar-refractivity contribution in [3.05, 3.63) is 276 Å². The molecular formula is C54H30AuCl16NP2. The van der Waals surface area contributed by atoms with E-state index >= 15 is 0 Å². The molecule has 9 rings (SSSR count). The number of halogens is 16. The first-order chi connectivity index (χ1) is 34.8. The average Bonchev–Trinajstić information content (AvgIpc) is 3.43. The molecule has 0 radical (unpaired) electrons. The Labute approximate surface area is 526 Å². The second kappa shape index (κ2) is 28.9. The maximum absolute atomic E-state index is 8.60. The van der Waals surface area contributed by atoms with Gasteiger partial charge in [0.2, 0.25) is 0 Å². The molecule has 0 aliphatic rings. The summed E-state index contributed by atoms with van der Waals surface area (Å²) in [6.07, 6.45) is -4.00. The molecule has 0 atom stereocenters. The van der Waals surface area contributed by atoms with Gasteiger partial charge in [-0.15, -0.1) is 123 Å². The topological polar surface area (TPSA) is 12.4 Å². The van der Waals surface area contributed by atoms with Crippen molar-refractivity contribution in [3.63, 3.8) is 0 Å². The van der Waals surface area contributed by atoms with Crippen LogP contribution in [0.25, 0.3) is 0 Å². The standard InChI is InChI=1S/C36H30ClNP2.3C6Cl5.Au/c37-40(34-25-13-4-14-26-34,35-27-15-5-16-28-35,36-29-17-6-18-30-36)38-39(31-19-7-1-8-20-31,32-21-9-2-10-22-32)33-23-11-3-12-24-33;3*7-2-1-3(8)5(10)6(11)4(2)9;/h1-30H;;;;/q;3*-1;+3. The van der Waals surface area contributed by atoms with E-state index in [-0.39, 0.29) is 97.7 Å². The molecule has 0 aliphatic heterocycles. The second-order valence-electron chi connectivity index (χ2n) is 14.8. The molecule has 0 unspecified atom stereocenters. The van der Waals surface area contributed by atoms with Gasteiger partial charge in [0.1, 0.15) is 0 Å². The zero-order valence-corrected chi connectivity index (χ0v) is 53.1. The van der Waals surface area contributed by atoms with Crippen LogP contribution in [0.15, 0.2) is 187 Å². The van der Waals surface area contributed by atoms with Crippen molar-refractivity contribution in [2.45, 2.75) is 0 Å². The Bertz CT molecular complexity index is 2960. The largest absolute Gasteiger partial charge is 3.00 e. The molecule has 0 saturated carbocycles. The van der Waals surface area contributed by atoms with Crippen LogP contribution < -0.4 is 31.8 Å². The first-order valence-electron chi connectivity index (χ1n) is 20.7. The van der Waals surface area contributed by atoms with E-state index in [4.69, 9.17) is 190 Å². The molecule has 0 aromatic heterocycles. The van der Waals surface area contributed by atoms with Crippen LogP contribution in [0.5, 0.6) is 0 Å². The van der Waals surface area contributed by atoms with E-state index in [9.17, 15) is 0 Å². The van der Waals surface area contributed by atoms with Crippen molar-refractivity contribution in [1.29, 1.82) is 0 Å². The predicted octanol–water partition coefficient (Wildman–Crippen LogP) is 22.0. The molecule has 0 bridgehead atoms. The third kappa shape index (κ3) is 14.3. The molecule has 0 aliphatic carbocycles. The van der Waals surface area contributed by atoms with E-state index in [1.54, 1.807) is 0 Å². The number of benzene rings is 9. The van der Waals surface area contributed by atoms with Gasteiger partial charge in [0, 0.05) is 0 Å². The zero-order chi connectivity index (χ0) is 53.1. The first kappa shape index (κ1) is 63.8. The number of hydrogen-bond acceptors (Lipinski definition) is 1. The maximum atomic E-state index is 8.60. The van der Waals surface area contributed by atoms with Crippen LogP contribution in [0.4, 0.5) is 0 Å². The fourth-order valence-electron chi connectivity index (χ4n) is 6.97. The summed E-state index contributed by atoms with van der Waals surface area (Å²) in [7, 11) is -2.69. The quantitative estimate of drug-likeness (QED) is 0.0496. The Kier molecular flexibility index (Phi) is 25.0. The Morgan fingerprint density at radius 2 is 0.446 bits per heavy atom. The summed E-state index contributed by atoms with van der Waals surface area (Å²) >= 11 is 92.7. The molecule has 0 spiro atoms. The van der Waals surface area contributed by atoms with Crippen LogP contribution in [0, 0.1) is 18.2 Å². The minimum absolute atomic E-state index is 0. The van der Waals surface area contributed by atoms with E-state index in [0.29, 0.717) is 0 Å². The van der Waals surface area contributed by atoms with Crippen LogP contribution in [-0.2, 0) is 22.4 Å². The van der Waals surface area contributed by atoms with E-state index in [1.165, 1.54) is 15.9 Å². The van der Waals surface area contributed by atoms with Crippen molar-refractivity contribution in [2.75, 3.05) is 0 Å². The van der Waals surface area contributed by atoms with Gasteiger partial charge in [-0.3, -0.25) is 0 Å². The van der Waals surface area contributed by atoms with Crippen LogP contribution in [-0.4, -0.2) is 0 Å². The minimum atomic E-state index is -4.00. The van der Waals surface area contributed by atoms with Gasteiger partial charge >= 0.3 is 265 Å². The normalized spacial score (nSPS) is 11.4. The predicted molar refractivity (Wildman–Crippen MR) is 330 cm³/mol. The molecule has 74 heavy (non-hydrogen) atoms. The van der Waals surface area contributed by atoms with Crippen LogP contribution >= 0.6 is 198 Å². The molecule has 384 valence electrons. The monoisotopic (exact) mass is 1510 g/mol. The van der Waals surface area contributed by atoms with E-state index in [0.717, 1.165) is 15.9 Å². The summed E-state index contributed by atoms with van der Waals surface area (Å²) in [5, 5.41) is 9.11. The fourth-order valence-corrected chi connectivity index (χ4v) is 22.3. The third-order valence-corrected chi connectivity index (χ3v) is 28.2. The third-order valence-electron chi connectivity index (χ3n) is 10.3. The second-order valence-corrected chi connectivity index (χ2v) is 29.4. The number of hydrogen-bond donors (Lipinski definition) is 0. The summed E-state index contributed by atoms with van der Waals surface area (Å²) in [6.45, 7) is 0. The van der Waals surface area contributed by atoms with Gasteiger partial charge in [0.25, 0.3) is 0 Å². The fraction of sp³-hybridized carbons (Fsp3) is 0. The van der Waals surface area contributed by atoms with Crippen molar-refractivity contribution < 1.29 is 22.4 Å². The van der Waals surface area contributed by atoms with E-state index in [1.807, 2.05) is 18.2 Å². The van der Waals surface area contributed by atoms with Crippen molar-refractivity contribution in [3.8, 4) is 0 Å². The summed E-state index contributed by atoms with van der Waals surface area (Å²) in [5.41, 5.74) is 0. The van der Waals surface area contributed by atoms with Crippen LogP contribution in [0.1, 0.15) is 0 Å². The Morgan fingerprint density at radius 3 is 0.635 bits per heavy atom. The molecule has 0 saturated heterocycles. The van der Waals surface area contributed by atoms with Crippen LogP contribution in [0.3, 0.4) is 0 Å². The van der Waals surface area contributed by atoms with Crippen molar-refractivity contribution in [2.24, 2.45) is 4.52 Å². The molecule has 9 aromatic carbocycles. The van der Waals surface area contributed by atoms with Gasteiger partial charge in [0.05, 0.1) is 0 Å². The summed E-state index contributed by atoms with van der Waals surface area (Å²) in [4.78, 5) is 0. The van der Waals surface area contributed by atoms with E-state index in [2.05, 4.69) is 182 Å².